The molecule has 4 rings (SSSR count). The number of aliphatic hydroxyl groups is 5. The number of carboxylic acids is 1. The van der Waals surface area contributed by atoms with Crippen LogP contribution in [0.1, 0.15) is 28.4 Å². The van der Waals surface area contributed by atoms with Crippen LogP contribution >= 0.6 is 11.6 Å². The van der Waals surface area contributed by atoms with Crippen molar-refractivity contribution in [3.8, 4) is 11.1 Å². The largest absolute Gasteiger partial charge is 0.478 e. The summed E-state index contributed by atoms with van der Waals surface area (Å²) in [6.45, 7) is 0. The maximum Gasteiger partial charge on any atom is 0.335 e. The van der Waals surface area contributed by atoms with Crippen LogP contribution in [0.15, 0.2) is 72.8 Å². The zero-order valence-corrected chi connectivity index (χ0v) is 18.4. The lowest BCUT2D eigenvalue weighted by Gasteiger charge is -2.57. The molecule has 0 saturated carbocycles. The molecule has 0 spiro atoms. The van der Waals surface area contributed by atoms with Crippen molar-refractivity contribution in [1.29, 1.82) is 0 Å². The number of hydrogen-bond donors (Lipinski definition) is 8. The highest BCUT2D eigenvalue weighted by molar-refractivity contribution is 6.30. The van der Waals surface area contributed by atoms with Gasteiger partial charge in [-0.3, -0.25) is 5.32 Å². The van der Waals surface area contributed by atoms with E-state index >= 15 is 0 Å². The minimum atomic E-state index is -2.95. The van der Waals surface area contributed by atoms with E-state index in [-0.39, 0.29) is 16.8 Å². The molecular weight excluding hydrogens is 464 g/mol. The number of carboxylic acid groups (broad SMARTS) is 1. The van der Waals surface area contributed by atoms with E-state index in [1.807, 2.05) is 0 Å². The van der Waals surface area contributed by atoms with Crippen molar-refractivity contribution in [3.63, 3.8) is 0 Å². The fraction of sp³-hybridized carbons (Fsp3) is 0.208. The molecule has 1 saturated heterocycles. The van der Waals surface area contributed by atoms with Gasteiger partial charge < -0.3 is 36.0 Å². The maximum absolute atomic E-state index is 11.2. The molecule has 1 heterocycles. The number of anilines is 1. The molecule has 3 atom stereocenters. The van der Waals surface area contributed by atoms with E-state index in [0.717, 1.165) is 0 Å². The lowest BCUT2D eigenvalue weighted by molar-refractivity contribution is -0.360. The van der Waals surface area contributed by atoms with Gasteiger partial charge in [0.2, 0.25) is 0 Å². The smallest absolute Gasteiger partial charge is 0.335 e. The van der Waals surface area contributed by atoms with Gasteiger partial charge in [-0.2, -0.15) is 0 Å². The van der Waals surface area contributed by atoms with E-state index in [9.17, 15) is 35.4 Å². The van der Waals surface area contributed by atoms with Gasteiger partial charge in [0.05, 0.1) is 5.56 Å². The van der Waals surface area contributed by atoms with Crippen molar-refractivity contribution in [2.45, 2.75) is 29.9 Å². The molecule has 10 heteroatoms. The van der Waals surface area contributed by atoms with Crippen molar-refractivity contribution in [1.82, 2.24) is 5.32 Å². The third-order valence-corrected chi connectivity index (χ3v) is 6.00. The maximum atomic E-state index is 11.2. The fourth-order valence-electron chi connectivity index (χ4n) is 3.97. The summed E-state index contributed by atoms with van der Waals surface area (Å²) < 4.78 is 0. The summed E-state index contributed by atoms with van der Waals surface area (Å²) >= 11 is 5.92. The summed E-state index contributed by atoms with van der Waals surface area (Å²) in [5.74, 6) is -4.03. The predicted octanol–water partition coefficient (Wildman–Crippen LogP) is 1.86. The van der Waals surface area contributed by atoms with Crippen LogP contribution in [0.2, 0.25) is 5.02 Å². The van der Waals surface area contributed by atoms with Gasteiger partial charge in [-0.05, 0) is 53.1 Å². The van der Waals surface area contributed by atoms with Gasteiger partial charge in [0, 0.05) is 17.1 Å². The lowest BCUT2D eigenvalue weighted by Crippen LogP contribution is -2.83. The van der Waals surface area contributed by atoms with Crippen LogP contribution in [-0.2, 0) is 0 Å². The average molecular weight is 487 g/mol. The number of halogens is 1. The van der Waals surface area contributed by atoms with Gasteiger partial charge in [-0.15, -0.1) is 0 Å². The molecule has 3 aromatic rings. The molecule has 1 aliphatic rings. The quantitative estimate of drug-likeness (QED) is 0.233. The van der Waals surface area contributed by atoms with E-state index in [0.29, 0.717) is 16.1 Å². The molecule has 0 bridgehead atoms. The Morgan fingerprint density at radius 3 is 2.26 bits per heavy atom. The fourth-order valence-corrected chi connectivity index (χ4v) is 4.17. The van der Waals surface area contributed by atoms with Crippen LogP contribution in [0.5, 0.6) is 0 Å². The second kappa shape index (κ2) is 8.64. The minimum Gasteiger partial charge on any atom is -0.478 e. The predicted molar refractivity (Wildman–Crippen MR) is 124 cm³/mol. The van der Waals surface area contributed by atoms with E-state index in [4.69, 9.17) is 11.6 Å². The summed E-state index contributed by atoms with van der Waals surface area (Å²) in [6.07, 6.45) is -2.14. The Hall–Kier alpha value is -3.02. The standard InChI is InChI=1S/C24H23ClN2O7/c25-18-8-2-6-16(11-18)20(28)22(31)13-23(32,27-22)24(33,34)26-19-9-3-5-15(12-19)14-4-1-7-17(10-14)21(29)30/h1-12,20,26-28,31-34H,13H2,(H,29,30). The summed E-state index contributed by atoms with van der Waals surface area (Å²) in [5.41, 5.74) is -2.72. The normalized spacial score (nSPS) is 23.1. The van der Waals surface area contributed by atoms with E-state index in [1.54, 1.807) is 36.4 Å². The molecule has 3 unspecified atom stereocenters. The first kappa shape index (κ1) is 24.1. The number of rotatable bonds is 7. The van der Waals surface area contributed by atoms with Crippen molar-refractivity contribution in [2.24, 2.45) is 0 Å². The lowest BCUT2D eigenvalue weighted by atomic mass is 9.80. The van der Waals surface area contributed by atoms with Crippen LogP contribution in [0.4, 0.5) is 5.69 Å². The van der Waals surface area contributed by atoms with Crippen LogP contribution in [-0.4, -0.2) is 54.0 Å². The molecule has 1 aliphatic heterocycles. The highest BCUT2D eigenvalue weighted by Gasteiger charge is 2.66. The van der Waals surface area contributed by atoms with Gasteiger partial charge >= 0.3 is 5.97 Å². The van der Waals surface area contributed by atoms with Gasteiger partial charge in [0.1, 0.15) is 6.10 Å². The number of hydrogen-bond acceptors (Lipinski definition) is 8. The van der Waals surface area contributed by atoms with E-state index in [2.05, 4.69) is 10.6 Å². The first-order chi connectivity index (χ1) is 15.9. The third-order valence-electron chi connectivity index (χ3n) is 5.77. The minimum absolute atomic E-state index is 0.0973. The van der Waals surface area contributed by atoms with Gasteiger partial charge in [0.25, 0.3) is 5.91 Å². The number of aliphatic hydroxyl groups excluding tert-OH is 1. The Morgan fingerprint density at radius 2 is 1.62 bits per heavy atom. The van der Waals surface area contributed by atoms with Gasteiger partial charge in [-0.1, -0.05) is 48.0 Å². The van der Waals surface area contributed by atoms with Crippen LogP contribution in [0.3, 0.4) is 0 Å². The summed E-state index contributed by atoms with van der Waals surface area (Å²) in [4.78, 5) is 11.2. The summed E-state index contributed by atoms with van der Waals surface area (Å²) in [7, 11) is 0. The SMILES string of the molecule is O=C(O)c1cccc(-c2cccc(NC(O)(O)C3(O)CC(O)(C(O)c4cccc(Cl)c4)N3)c2)c1. The van der Waals surface area contributed by atoms with Gasteiger partial charge in [-0.25, -0.2) is 4.79 Å². The first-order valence-electron chi connectivity index (χ1n) is 10.3. The highest BCUT2D eigenvalue weighted by Crippen LogP contribution is 2.44. The number of aromatic carboxylic acids is 1. The molecule has 0 radical (unpaired) electrons. The second-order valence-corrected chi connectivity index (χ2v) is 8.74. The van der Waals surface area contributed by atoms with Crippen LogP contribution in [0, 0.1) is 0 Å². The Labute approximate surface area is 199 Å². The summed E-state index contributed by atoms with van der Waals surface area (Å²) in [5, 5.41) is 67.3. The Balaban J connectivity index is 1.51. The Kier molecular flexibility index (Phi) is 6.13. The molecule has 9 nitrogen and oxygen atoms in total. The topological polar surface area (TPSA) is 163 Å². The molecule has 178 valence electrons. The molecule has 1 fully saturated rings. The van der Waals surface area contributed by atoms with Crippen molar-refractivity contribution in [2.75, 3.05) is 5.32 Å². The van der Waals surface area contributed by atoms with Gasteiger partial charge in [0.15, 0.2) is 11.4 Å². The second-order valence-electron chi connectivity index (χ2n) is 8.31. The molecule has 0 aliphatic carbocycles. The van der Waals surface area contributed by atoms with Crippen LogP contribution in [0.25, 0.3) is 11.1 Å². The third kappa shape index (κ3) is 4.50. The Morgan fingerprint density at radius 1 is 1.00 bits per heavy atom. The van der Waals surface area contributed by atoms with Crippen molar-refractivity contribution in [3.05, 3.63) is 88.9 Å². The van der Waals surface area contributed by atoms with Crippen molar-refractivity contribution < 1.29 is 35.4 Å². The van der Waals surface area contributed by atoms with E-state index < -0.39 is 35.9 Å². The number of nitrogens with one attached hydrogen (secondary N) is 2. The average Bonchev–Trinajstić information content (AvgIpc) is 2.77. The molecular formula is C24H23ClN2O7. The van der Waals surface area contributed by atoms with E-state index in [1.165, 1.54) is 36.4 Å². The monoisotopic (exact) mass is 486 g/mol. The van der Waals surface area contributed by atoms with Crippen molar-refractivity contribution >= 4 is 23.3 Å². The molecule has 0 amide bonds. The zero-order valence-electron chi connectivity index (χ0n) is 17.7. The first-order valence-corrected chi connectivity index (χ1v) is 10.6. The molecule has 8 N–H and O–H groups in total. The highest BCUT2D eigenvalue weighted by atomic mass is 35.5. The number of carbonyl (C=O) groups is 1. The molecule has 3 aromatic carbocycles. The molecule has 34 heavy (non-hydrogen) atoms. The number of benzene rings is 3. The molecule has 0 aromatic heterocycles. The summed E-state index contributed by atoms with van der Waals surface area (Å²) in [6, 6.07) is 18.7. The Bertz CT molecular complexity index is 1230. The zero-order chi connectivity index (χ0) is 24.7. The van der Waals surface area contributed by atoms with Crippen LogP contribution < -0.4 is 10.6 Å².